The normalized spacial score (nSPS) is 48.5. The maximum atomic E-state index is 8.13. The number of hydrogen-bond donors (Lipinski definition) is 0. The van der Waals surface area contributed by atoms with Crippen molar-refractivity contribution in [2.24, 2.45) is 0 Å². The van der Waals surface area contributed by atoms with Crippen molar-refractivity contribution in [2.45, 2.75) is 0 Å². The summed E-state index contributed by atoms with van der Waals surface area (Å²) in [4.78, 5) is 2.87. The van der Waals surface area contributed by atoms with Crippen LogP contribution in [0.5, 0.6) is 0 Å². The summed E-state index contributed by atoms with van der Waals surface area (Å²) in [6.45, 7) is -17.9. The van der Waals surface area contributed by atoms with Gasteiger partial charge in [-0.3, -0.25) is 0 Å². The summed E-state index contributed by atoms with van der Waals surface area (Å²) in [6, 6.07) is -1.36. The molecule has 2 rings (SSSR count). The fourth-order valence-electron chi connectivity index (χ4n) is 0.755. The first kappa shape index (κ1) is 2.55. The van der Waals surface area contributed by atoms with Crippen LogP contribution in [0, 0.1) is 0 Å². The summed E-state index contributed by atoms with van der Waals surface area (Å²) >= 11 is 2.83. The van der Waals surface area contributed by atoms with E-state index in [2.05, 4.69) is 20.9 Å². The number of hydrogen-bond acceptors (Lipinski definition) is 3. The van der Waals surface area contributed by atoms with E-state index in [0.29, 0.717) is 0 Å². The molecule has 2 heterocycles. The van der Waals surface area contributed by atoms with E-state index < -0.39 is 61.9 Å². The molecular formula is C10H14BrN3. The van der Waals surface area contributed by atoms with Crippen LogP contribution in [0.15, 0.2) is 22.7 Å². The maximum absolute atomic E-state index is 8.13. The molecular weight excluding hydrogens is 242 g/mol. The molecule has 0 aromatic carbocycles. The molecule has 14 heavy (non-hydrogen) atoms. The zero-order chi connectivity index (χ0) is 22.2. The summed E-state index contributed by atoms with van der Waals surface area (Å²) < 4.78 is 110. The van der Waals surface area contributed by atoms with Gasteiger partial charge in [-0.25, -0.2) is 4.98 Å². The Hall–Kier alpha value is -0.610. The summed E-state index contributed by atoms with van der Waals surface area (Å²) in [5, 5.41) is 0. The third-order valence-electron chi connectivity index (χ3n) is 1.31. The average Bonchev–Trinajstić information content (AvgIpc) is 2.46. The minimum atomic E-state index is -3.62. The quantitative estimate of drug-likeness (QED) is 0.772. The topological polar surface area (TPSA) is 19.4 Å². The van der Waals surface area contributed by atoms with Gasteiger partial charge in [0.25, 0.3) is 0 Å². The minimum Gasteiger partial charge on any atom is -0.354 e. The van der Waals surface area contributed by atoms with Crippen LogP contribution < -0.4 is 4.90 Å². The van der Waals surface area contributed by atoms with E-state index in [1.54, 1.807) is 0 Å². The second-order valence-corrected chi connectivity index (χ2v) is 3.02. The van der Waals surface area contributed by atoms with E-state index in [9.17, 15) is 0 Å². The van der Waals surface area contributed by atoms with E-state index in [1.165, 1.54) is 0 Å². The van der Waals surface area contributed by atoms with Crippen molar-refractivity contribution < 1.29 is 19.2 Å². The molecule has 0 N–H and O–H groups in total. The van der Waals surface area contributed by atoms with Crippen LogP contribution in [-0.2, 0) is 0 Å². The van der Waals surface area contributed by atoms with E-state index in [4.69, 9.17) is 19.2 Å². The van der Waals surface area contributed by atoms with Crippen LogP contribution >= 0.6 is 15.9 Å². The Bertz CT molecular complexity index is 778. The number of aromatic nitrogens is 1. The third kappa shape index (κ3) is 2.25. The van der Waals surface area contributed by atoms with E-state index in [1.807, 2.05) is 0 Å². The maximum Gasteiger partial charge on any atom is 0.129 e. The Labute approximate surface area is 113 Å². The SMILES string of the molecule is [2H]c1nc(N2C([2H])([2H])C([2H])([2H])N(C([2H])([2H])[2H])C([2H])([2H])C2([2H])[2H])c([2H])c(Br)c1[2H]. The van der Waals surface area contributed by atoms with Gasteiger partial charge in [0, 0.05) is 46.2 Å². The molecule has 3 nitrogen and oxygen atoms in total. The van der Waals surface area contributed by atoms with Crippen molar-refractivity contribution in [1.29, 1.82) is 0 Å². The molecule has 76 valence electrons. The lowest BCUT2D eigenvalue weighted by Crippen LogP contribution is -2.44. The molecule has 0 unspecified atom stereocenters. The van der Waals surface area contributed by atoms with Gasteiger partial charge in [0.05, 0.1) is 9.60 Å². The summed E-state index contributed by atoms with van der Waals surface area (Å²) in [6.07, 6.45) is -0.802. The molecule has 1 aliphatic heterocycles. The van der Waals surface area contributed by atoms with Gasteiger partial charge in [0.1, 0.15) is 5.82 Å². The van der Waals surface area contributed by atoms with Gasteiger partial charge in [-0.15, -0.1) is 0 Å². The predicted octanol–water partition coefficient (Wildman–Crippen LogP) is 1.60. The highest BCUT2D eigenvalue weighted by atomic mass is 79.9. The Morgan fingerprint density at radius 3 is 3.07 bits per heavy atom. The molecule has 0 radical (unpaired) electrons. The van der Waals surface area contributed by atoms with Crippen LogP contribution in [0.25, 0.3) is 0 Å². The van der Waals surface area contributed by atoms with E-state index >= 15 is 0 Å². The first-order valence-corrected chi connectivity index (χ1v) is 4.27. The van der Waals surface area contributed by atoms with Crippen LogP contribution in [-0.4, -0.2) is 42.8 Å². The van der Waals surface area contributed by atoms with Crippen LogP contribution in [0.2, 0.25) is 0 Å². The standard InChI is InChI=1S/C10H14BrN3/c1-13-4-6-14(7-5-13)10-8-9(11)2-3-12-10/h2-3,8H,4-7H2,1H3/i1D3,2D,3D,4D2,5D2,6D2,7D2,8D. The van der Waals surface area contributed by atoms with Crippen molar-refractivity contribution in [3.8, 4) is 0 Å². The molecule has 0 aliphatic carbocycles. The smallest absolute Gasteiger partial charge is 0.129 e. The molecule has 1 aliphatic rings. The summed E-state index contributed by atoms with van der Waals surface area (Å²) in [7, 11) is 0. The first-order chi connectivity index (χ1) is 12.2. The van der Waals surface area contributed by atoms with Gasteiger partial charge < -0.3 is 9.80 Å². The minimum absolute atomic E-state index is 0.118. The average molecular weight is 270 g/mol. The monoisotopic (exact) mass is 269 g/mol. The molecule has 1 aromatic rings. The van der Waals surface area contributed by atoms with Gasteiger partial charge in [0.2, 0.25) is 0 Å². The molecule has 1 saturated heterocycles. The Morgan fingerprint density at radius 1 is 1.57 bits per heavy atom. The Kier molecular flexibility index (Phi) is 0.779. The van der Waals surface area contributed by atoms with E-state index in [-0.39, 0.29) is 9.37 Å². The largest absolute Gasteiger partial charge is 0.354 e. The molecule has 4 heteroatoms. The van der Waals surface area contributed by atoms with Crippen molar-refractivity contribution in [3.05, 3.63) is 22.7 Å². The molecule has 0 spiro atoms. The Morgan fingerprint density at radius 2 is 2.36 bits per heavy atom. The first-order valence-electron chi connectivity index (χ1n) is 10.5. The number of pyridine rings is 1. The van der Waals surface area contributed by atoms with Crippen LogP contribution in [0.3, 0.4) is 0 Å². The lowest BCUT2D eigenvalue weighted by Gasteiger charge is -2.33. The number of halogens is 1. The van der Waals surface area contributed by atoms with Crippen LogP contribution in [0.1, 0.15) is 19.2 Å². The van der Waals surface area contributed by atoms with E-state index in [0.717, 1.165) is 0 Å². The summed E-state index contributed by atoms with van der Waals surface area (Å²) in [5.41, 5.74) is 0. The van der Waals surface area contributed by atoms with Gasteiger partial charge in [-0.05, 0) is 19.1 Å². The highest BCUT2D eigenvalue weighted by molar-refractivity contribution is 9.10. The van der Waals surface area contributed by atoms with Gasteiger partial charge >= 0.3 is 0 Å². The Balaban J connectivity index is 2.92. The van der Waals surface area contributed by atoms with Crippen molar-refractivity contribution in [1.82, 2.24) is 9.88 Å². The highest BCUT2D eigenvalue weighted by Gasteiger charge is 2.14. The van der Waals surface area contributed by atoms with Gasteiger partial charge in [-0.2, -0.15) is 0 Å². The molecule has 1 aromatic heterocycles. The fourth-order valence-corrected chi connectivity index (χ4v) is 1.02. The van der Waals surface area contributed by atoms with Gasteiger partial charge in [0.15, 0.2) is 0 Å². The molecule has 0 atom stereocenters. The molecule has 0 amide bonds. The van der Waals surface area contributed by atoms with Crippen molar-refractivity contribution in [3.63, 3.8) is 0 Å². The lowest BCUT2D eigenvalue weighted by atomic mass is 10.3. The second-order valence-electron chi connectivity index (χ2n) is 2.23. The number of rotatable bonds is 1. The molecule has 0 bridgehead atoms. The predicted molar refractivity (Wildman–Crippen MR) is 61.6 cm³/mol. The highest BCUT2D eigenvalue weighted by Crippen LogP contribution is 2.17. The number of nitrogens with zero attached hydrogens (tertiary/aromatic N) is 3. The van der Waals surface area contributed by atoms with Crippen molar-refractivity contribution >= 4 is 21.7 Å². The van der Waals surface area contributed by atoms with Gasteiger partial charge in [-0.1, -0.05) is 15.9 Å². The second kappa shape index (κ2) is 4.28. The number of anilines is 1. The third-order valence-corrected chi connectivity index (χ3v) is 1.70. The van der Waals surface area contributed by atoms with Crippen molar-refractivity contribution in [2.75, 3.05) is 37.9 Å². The van der Waals surface area contributed by atoms with Crippen LogP contribution in [0.4, 0.5) is 5.82 Å². The molecule has 0 saturated carbocycles. The lowest BCUT2D eigenvalue weighted by molar-refractivity contribution is 0.312. The zero-order valence-corrected chi connectivity index (χ0v) is 8.31. The zero-order valence-electron chi connectivity index (χ0n) is 20.7. The summed E-state index contributed by atoms with van der Waals surface area (Å²) in [5.74, 6) is -0.958. The number of likely N-dealkylation sites (N-methyl/N-ethyl adjacent to an activating group) is 1. The molecule has 1 fully saturated rings. The number of piperazine rings is 1. The fraction of sp³-hybridized carbons (Fsp3) is 0.500.